The lowest BCUT2D eigenvalue weighted by molar-refractivity contribution is 0.120. The molecule has 0 aliphatic heterocycles. The Morgan fingerprint density at radius 1 is 1.04 bits per heavy atom. The van der Waals surface area contributed by atoms with E-state index in [2.05, 4.69) is 5.32 Å². The highest BCUT2D eigenvalue weighted by Gasteiger charge is 2.22. The fourth-order valence-electron chi connectivity index (χ4n) is 2.39. The molecule has 0 aliphatic rings. The van der Waals surface area contributed by atoms with Gasteiger partial charge in [0.15, 0.2) is 0 Å². The highest BCUT2D eigenvalue weighted by atomic mass is 16.5. The molecule has 0 aromatic heterocycles. The molecule has 2 aromatic carbocycles. The monoisotopic (exact) mass is 328 g/mol. The fraction of sp³-hybridized carbons (Fsp3) is 0.400. The first kappa shape index (κ1) is 18.5. The van der Waals surface area contributed by atoms with Crippen LogP contribution in [0.2, 0.25) is 0 Å². The lowest BCUT2D eigenvalue weighted by atomic mass is 10.0. The van der Waals surface area contributed by atoms with Crippen LogP contribution in [0.1, 0.15) is 19.4 Å². The van der Waals surface area contributed by atoms with E-state index < -0.39 is 6.10 Å². The Hall–Kier alpha value is -1.88. The van der Waals surface area contributed by atoms with E-state index in [1.54, 1.807) is 0 Å². The summed E-state index contributed by atoms with van der Waals surface area (Å²) in [6, 6.07) is 19.4. The van der Waals surface area contributed by atoms with Crippen LogP contribution in [0.15, 0.2) is 60.7 Å². The maximum atomic E-state index is 10.3. The summed E-state index contributed by atoms with van der Waals surface area (Å²) >= 11 is 0. The van der Waals surface area contributed by atoms with E-state index in [9.17, 15) is 5.11 Å². The SMILES string of the molecule is CC(C)(COc1ccccc1)NC[C@@H](O)[C@@H](N)Cc1ccccc1. The van der Waals surface area contributed by atoms with Crippen molar-refractivity contribution in [1.82, 2.24) is 5.32 Å². The molecule has 2 atom stereocenters. The maximum Gasteiger partial charge on any atom is 0.119 e. The van der Waals surface area contributed by atoms with Crippen molar-refractivity contribution in [2.24, 2.45) is 5.73 Å². The van der Waals surface area contributed by atoms with Gasteiger partial charge in [0.2, 0.25) is 0 Å². The van der Waals surface area contributed by atoms with E-state index in [0.29, 0.717) is 19.6 Å². The van der Waals surface area contributed by atoms with Crippen molar-refractivity contribution in [3.05, 3.63) is 66.2 Å². The van der Waals surface area contributed by atoms with E-state index in [0.717, 1.165) is 11.3 Å². The number of nitrogens with two attached hydrogens (primary N) is 1. The molecule has 0 spiro atoms. The summed E-state index contributed by atoms with van der Waals surface area (Å²) in [5.41, 5.74) is 7.00. The first-order valence-corrected chi connectivity index (χ1v) is 8.37. The molecule has 4 nitrogen and oxygen atoms in total. The van der Waals surface area contributed by atoms with Crippen molar-refractivity contribution in [1.29, 1.82) is 0 Å². The Balaban J connectivity index is 1.75. The molecule has 4 N–H and O–H groups in total. The number of rotatable bonds is 9. The minimum atomic E-state index is -0.610. The largest absolute Gasteiger partial charge is 0.492 e. The molecule has 24 heavy (non-hydrogen) atoms. The minimum Gasteiger partial charge on any atom is -0.492 e. The van der Waals surface area contributed by atoms with Gasteiger partial charge in [-0.15, -0.1) is 0 Å². The van der Waals surface area contributed by atoms with Crippen molar-refractivity contribution in [2.45, 2.75) is 38.0 Å². The first-order valence-electron chi connectivity index (χ1n) is 8.37. The molecular formula is C20H28N2O2. The third-order valence-electron chi connectivity index (χ3n) is 3.94. The average Bonchev–Trinajstić information content (AvgIpc) is 2.60. The Labute approximate surface area is 144 Å². The van der Waals surface area contributed by atoms with Crippen LogP contribution in [0.5, 0.6) is 5.75 Å². The summed E-state index contributed by atoms with van der Waals surface area (Å²) < 4.78 is 5.78. The van der Waals surface area contributed by atoms with E-state index in [4.69, 9.17) is 10.5 Å². The van der Waals surface area contributed by atoms with Gasteiger partial charge in [-0.1, -0.05) is 48.5 Å². The van der Waals surface area contributed by atoms with Crippen molar-refractivity contribution < 1.29 is 9.84 Å². The summed E-state index contributed by atoms with van der Waals surface area (Å²) in [4.78, 5) is 0. The predicted octanol–water partition coefficient (Wildman–Crippen LogP) is 2.36. The molecule has 2 aromatic rings. The Kier molecular flexibility index (Phi) is 6.79. The number of β-amino-alcohol motifs (C(OH)–C–C–N with tert-alkyl or cyclic N) is 1. The lowest BCUT2D eigenvalue weighted by Gasteiger charge is -2.29. The van der Waals surface area contributed by atoms with Crippen LogP contribution in [0.25, 0.3) is 0 Å². The summed E-state index contributed by atoms with van der Waals surface area (Å²) in [5.74, 6) is 0.841. The molecule has 0 bridgehead atoms. The second-order valence-corrected chi connectivity index (χ2v) is 6.79. The van der Waals surface area contributed by atoms with Crippen molar-refractivity contribution in [3.63, 3.8) is 0 Å². The number of benzene rings is 2. The van der Waals surface area contributed by atoms with Gasteiger partial charge in [-0.25, -0.2) is 0 Å². The molecular weight excluding hydrogens is 300 g/mol. The van der Waals surface area contributed by atoms with Crippen LogP contribution >= 0.6 is 0 Å². The van der Waals surface area contributed by atoms with Crippen molar-refractivity contribution >= 4 is 0 Å². The van der Waals surface area contributed by atoms with Gasteiger partial charge >= 0.3 is 0 Å². The zero-order valence-corrected chi connectivity index (χ0v) is 14.5. The van der Waals surface area contributed by atoms with Gasteiger partial charge in [0.1, 0.15) is 12.4 Å². The predicted molar refractivity (Wildman–Crippen MR) is 98.1 cm³/mol. The van der Waals surface area contributed by atoms with Crippen LogP contribution < -0.4 is 15.8 Å². The smallest absolute Gasteiger partial charge is 0.119 e. The summed E-state index contributed by atoms with van der Waals surface area (Å²) in [7, 11) is 0. The van der Waals surface area contributed by atoms with Crippen LogP contribution in [0.3, 0.4) is 0 Å². The van der Waals surface area contributed by atoms with Crippen LogP contribution in [-0.4, -0.2) is 35.9 Å². The summed E-state index contributed by atoms with van der Waals surface area (Å²) in [6.45, 7) is 5.04. The Morgan fingerprint density at radius 3 is 2.25 bits per heavy atom. The van der Waals surface area contributed by atoms with Gasteiger partial charge in [0, 0.05) is 18.1 Å². The second kappa shape index (κ2) is 8.83. The van der Waals surface area contributed by atoms with Gasteiger partial charge in [-0.05, 0) is 38.0 Å². The van der Waals surface area contributed by atoms with Gasteiger partial charge in [-0.3, -0.25) is 0 Å². The zero-order chi connectivity index (χ0) is 17.4. The molecule has 0 saturated heterocycles. The van der Waals surface area contributed by atoms with E-state index >= 15 is 0 Å². The molecule has 0 saturated carbocycles. The fourth-order valence-corrected chi connectivity index (χ4v) is 2.39. The third-order valence-corrected chi connectivity index (χ3v) is 3.94. The molecule has 0 unspecified atom stereocenters. The van der Waals surface area contributed by atoms with Crippen LogP contribution in [0.4, 0.5) is 0 Å². The molecule has 0 amide bonds. The topological polar surface area (TPSA) is 67.5 Å². The van der Waals surface area contributed by atoms with E-state index in [-0.39, 0.29) is 11.6 Å². The summed E-state index contributed by atoms with van der Waals surface area (Å²) in [5, 5.41) is 13.6. The quantitative estimate of drug-likeness (QED) is 0.661. The molecule has 130 valence electrons. The number of aliphatic hydroxyl groups excluding tert-OH is 1. The molecule has 0 heterocycles. The zero-order valence-electron chi connectivity index (χ0n) is 14.5. The normalized spacial score (nSPS) is 14.2. The van der Waals surface area contributed by atoms with Crippen molar-refractivity contribution in [3.8, 4) is 5.75 Å². The van der Waals surface area contributed by atoms with Gasteiger partial charge in [-0.2, -0.15) is 0 Å². The number of aliphatic hydroxyl groups is 1. The molecule has 2 rings (SSSR count). The summed E-state index contributed by atoms with van der Waals surface area (Å²) in [6.07, 6.45) is 0.0474. The molecule has 0 aliphatic carbocycles. The second-order valence-electron chi connectivity index (χ2n) is 6.79. The highest BCUT2D eigenvalue weighted by Crippen LogP contribution is 2.12. The average molecular weight is 328 g/mol. The molecule has 0 radical (unpaired) electrons. The van der Waals surface area contributed by atoms with Crippen molar-refractivity contribution in [2.75, 3.05) is 13.2 Å². The van der Waals surface area contributed by atoms with E-state index in [1.165, 1.54) is 0 Å². The highest BCUT2D eigenvalue weighted by molar-refractivity contribution is 5.21. The van der Waals surface area contributed by atoms with Gasteiger partial charge in [0.25, 0.3) is 0 Å². The van der Waals surface area contributed by atoms with Gasteiger partial charge < -0.3 is 20.9 Å². The lowest BCUT2D eigenvalue weighted by Crippen LogP contribution is -2.51. The van der Waals surface area contributed by atoms with Crippen LogP contribution in [0, 0.1) is 0 Å². The Bertz CT molecular complexity index is 587. The Morgan fingerprint density at radius 2 is 1.62 bits per heavy atom. The number of para-hydroxylation sites is 1. The maximum absolute atomic E-state index is 10.3. The molecule has 4 heteroatoms. The number of hydrogen-bond acceptors (Lipinski definition) is 4. The molecule has 0 fully saturated rings. The van der Waals surface area contributed by atoms with Crippen LogP contribution in [-0.2, 0) is 6.42 Å². The van der Waals surface area contributed by atoms with Gasteiger partial charge in [0.05, 0.1) is 6.10 Å². The number of nitrogens with one attached hydrogen (secondary N) is 1. The third kappa shape index (κ3) is 6.32. The minimum absolute atomic E-state index is 0.261. The standard InChI is InChI=1S/C20H28N2O2/c1-20(2,15-24-17-11-7-4-8-12-17)22-14-19(23)18(21)13-16-9-5-3-6-10-16/h3-12,18-19,22-23H,13-15,21H2,1-2H3/t18-,19+/m0/s1. The first-order chi connectivity index (χ1) is 11.5. The van der Waals surface area contributed by atoms with E-state index in [1.807, 2.05) is 74.5 Å². The number of hydrogen-bond donors (Lipinski definition) is 3. The number of ether oxygens (including phenoxy) is 1.